The molecule has 0 aromatic heterocycles. The second-order valence-electron chi connectivity index (χ2n) is 15.6. The van der Waals surface area contributed by atoms with Gasteiger partial charge in [-0.05, 0) is 116 Å². The van der Waals surface area contributed by atoms with Gasteiger partial charge in [0.15, 0.2) is 23.0 Å². The molecule has 0 bridgehead atoms. The van der Waals surface area contributed by atoms with Crippen molar-refractivity contribution < 1.29 is 57.3 Å². The zero-order chi connectivity index (χ0) is 50.5. The minimum atomic E-state index is -1.15. The number of methoxy groups -OCH3 is 8. The van der Waals surface area contributed by atoms with Gasteiger partial charge in [-0.25, -0.2) is 4.79 Å². The fourth-order valence-corrected chi connectivity index (χ4v) is 8.12. The molecule has 366 valence electrons. The Labute approximate surface area is 407 Å². The van der Waals surface area contributed by atoms with Gasteiger partial charge >= 0.3 is 6.09 Å². The number of nitrogens with two attached hydrogens (primary N) is 3. The summed E-state index contributed by atoms with van der Waals surface area (Å²) in [6, 6.07) is 33.5. The van der Waals surface area contributed by atoms with Crippen molar-refractivity contribution in [2.24, 2.45) is 5.73 Å². The van der Waals surface area contributed by atoms with E-state index in [0.29, 0.717) is 57.4 Å². The fourth-order valence-electron chi connectivity index (χ4n) is 8.12. The van der Waals surface area contributed by atoms with Gasteiger partial charge in [-0.2, -0.15) is 0 Å². The first-order valence-corrected chi connectivity index (χ1v) is 21.8. The number of aliphatic hydroxyl groups excluding tert-OH is 1. The number of benzene rings is 6. The number of primary amides is 1. The molecule has 16 heteroatoms. The van der Waals surface area contributed by atoms with Crippen LogP contribution >= 0.6 is 0 Å². The number of nitrogen functional groups attached to an aromatic ring is 2. The highest BCUT2D eigenvalue weighted by molar-refractivity contribution is 6.16. The maximum atomic E-state index is 11.8. The van der Waals surface area contributed by atoms with Gasteiger partial charge in [0, 0.05) is 5.92 Å². The lowest BCUT2D eigenvalue weighted by Crippen LogP contribution is -2.47. The number of carbonyl (C=O) groups excluding carboxylic acids is 2. The maximum Gasteiger partial charge on any atom is 0.407 e. The molecule has 16 nitrogen and oxygen atoms in total. The average molecular weight is 955 g/mol. The number of nitrogens with one attached hydrogen (secondary N) is 1. The number of hydrogen-bond donors (Lipinski definition) is 5. The van der Waals surface area contributed by atoms with Gasteiger partial charge in [0.2, 0.25) is 17.4 Å². The van der Waals surface area contributed by atoms with Crippen LogP contribution in [0.4, 0.5) is 16.2 Å². The van der Waals surface area contributed by atoms with Crippen LogP contribution in [0.15, 0.2) is 109 Å². The molecule has 0 aliphatic heterocycles. The first-order valence-electron chi connectivity index (χ1n) is 21.8. The highest BCUT2D eigenvalue weighted by atomic mass is 16.6. The lowest BCUT2D eigenvalue weighted by atomic mass is 9.88. The Morgan fingerprint density at radius 2 is 1.01 bits per heavy atom. The van der Waals surface area contributed by atoms with Crippen molar-refractivity contribution in [3.8, 4) is 57.1 Å². The molecule has 0 radical (unpaired) electrons. The molecule has 1 aliphatic rings. The van der Waals surface area contributed by atoms with Crippen LogP contribution in [-0.4, -0.2) is 93.2 Å². The molecule has 70 heavy (non-hydrogen) atoms. The summed E-state index contributed by atoms with van der Waals surface area (Å²) in [6.45, 7) is -0.434. The molecular formula is C54H58N4O12. The van der Waals surface area contributed by atoms with E-state index < -0.39 is 24.6 Å². The van der Waals surface area contributed by atoms with E-state index in [1.165, 1.54) is 0 Å². The Morgan fingerprint density at radius 1 is 0.557 bits per heavy atom. The van der Waals surface area contributed by atoms with Crippen LogP contribution < -0.4 is 60.4 Å². The van der Waals surface area contributed by atoms with E-state index in [2.05, 4.69) is 5.32 Å². The van der Waals surface area contributed by atoms with Gasteiger partial charge in [-0.15, -0.1) is 0 Å². The molecule has 0 spiro atoms. The van der Waals surface area contributed by atoms with Crippen LogP contribution in [0.1, 0.15) is 39.3 Å². The number of carbonyl (C=O) groups is 2. The Morgan fingerprint density at radius 3 is 1.47 bits per heavy atom. The lowest BCUT2D eigenvalue weighted by molar-refractivity contribution is -0.120. The van der Waals surface area contributed by atoms with Crippen molar-refractivity contribution >= 4 is 46.7 Å². The summed E-state index contributed by atoms with van der Waals surface area (Å²) < 4.78 is 50.1. The molecule has 2 amide bonds. The Bertz CT molecular complexity index is 2800. The normalized spacial score (nSPS) is 12.2. The maximum absolute atomic E-state index is 11.8. The van der Waals surface area contributed by atoms with Crippen molar-refractivity contribution in [3.63, 3.8) is 0 Å². The van der Waals surface area contributed by atoms with Crippen molar-refractivity contribution in [2.75, 3.05) is 81.6 Å². The summed E-state index contributed by atoms with van der Waals surface area (Å²) in [7, 11) is 12.6. The third-order valence-corrected chi connectivity index (χ3v) is 11.5. The fraction of sp³-hybridized carbons (Fsp3) is 0.222. The van der Waals surface area contributed by atoms with Gasteiger partial charge in [0.05, 0.1) is 74.9 Å². The van der Waals surface area contributed by atoms with Crippen molar-refractivity contribution in [3.05, 3.63) is 143 Å². The van der Waals surface area contributed by atoms with E-state index in [1.807, 2.05) is 121 Å². The average Bonchev–Trinajstić information content (AvgIpc) is 3.70. The van der Waals surface area contributed by atoms with Gasteiger partial charge in [-0.3, -0.25) is 4.79 Å². The standard InChI is InChI=1S/C36H40N2O8.C18H18N2O4/c1-39-29-11-9-21(15-27(29)37)13-26(24-19-33(43-5)36(46-8)34(20-24)44-6)25(23-10-12-30(40-2)28(38)18-23)14-22-16-31(41-3)35(45-7)32(17-22)42-4;19-17(22)16(9-21)20-18(23)24-10-15-13-7-3-1-5-11(13)12-6-2-4-8-14(12)15/h9-20H,37-38H2,1-8H3;1-8,15-16,21H,9-10H2,(H2,19,22)(H,20,23)/b25-14-,26-13-;/t;16-/m.0/s1. The molecule has 1 atom stereocenters. The van der Waals surface area contributed by atoms with E-state index in [1.54, 1.807) is 56.9 Å². The third kappa shape index (κ3) is 11.3. The van der Waals surface area contributed by atoms with Crippen LogP contribution in [0.2, 0.25) is 0 Å². The largest absolute Gasteiger partial charge is 0.495 e. The number of aliphatic hydroxyl groups is 1. The molecule has 0 fully saturated rings. The summed E-state index contributed by atoms with van der Waals surface area (Å²) in [5, 5.41) is 11.3. The molecule has 0 saturated heterocycles. The smallest absolute Gasteiger partial charge is 0.407 e. The minimum Gasteiger partial charge on any atom is -0.495 e. The van der Waals surface area contributed by atoms with E-state index in [9.17, 15) is 9.59 Å². The van der Waals surface area contributed by atoms with E-state index in [4.69, 9.17) is 64.9 Å². The number of anilines is 2. The molecule has 7 rings (SSSR count). The minimum absolute atomic E-state index is 0.0655. The van der Waals surface area contributed by atoms with E-state index in [-0.39, 0.29) is 12.5 Å². The summed E-state index contributed by atoms with van der Waals surface area (Å²) in [5.41, 5.74) is 28.0. The number of allylic oxidation sites excluding steroid dienone is 2. The second-order valence-corrected chi connectivity index (χ2v) is 15.6. The van der Waals surface area contributed by atoms with Gasteiger partial charge < -0.3 is 70.3 Å². The molecule has 6 aromatic rings. The molecule has 8 N–H and O–H groups in total. The zero-order valence-electron chi connectivity index (χ0n) is 40.3. The number of fused-ring (bicyclic) bond motifs is 3. The number of rotatable bonds is 18. The summed E-state index contributed by atoms with van der Waals surface area (Å²) in [6.07, 6.45) is 3.24. The topological polar surface area (TPSA) is 228 Å². The van der Waals surface area contributed by atoms with Crippen LogP contribution in [0.25, 0.3) is 34.4 Å². The van der Waals surface area contributed by atoms with Crippen molar-refractivity contribution in [2.45, 2.75) is 12.0 Å². The molecular weight excluding hydrogens is 897 g/mol. The van der Waals surface area contributed by atoms with Crippen LogP contribution in [0.3, 0.4) is 0 Å². The lowest BCUT2D eigenvalue weighted by Gasteiger charge is -2.20. The van der Waals surface area contributed by atoms with Crippen LogP contribution in [0, 0.1) is 0 Å². The van der Waals surface area contributed by atoms with Crippen LogP contribution in [0.5, 0.6) is 46.0 Å². The van der Waals surface area contributed by atoms with Crippen LogP contribution in [-0.2, 0) is 9.53 Å². The Balaban J connectivity index is 0.000000279. The molecule has 0 saturated carbocycles. The highest BCUT2D eigenvalue weighted by Gasteiger charge is 2.30. The summed E-state index contributed by atoms with van der Waals surface area (Å²) in [4.78, 5) is 22.9. The number of alkyl carbamates (subject to hydrolysis) is 1. The Kier molecular flexibility index (Phi) is 17.1. The molecule has 6 aromatic carbocycles. The zero-order valence-corrected chi connectivity index (χ0v) is 40.3. The first kappa shape index (κ1) is 50.9. The first-order chi connectivity index (χ1) is 33.9. The molecule has 0 unspecified atom stereocenters. The quantitative estimate of drug-likeness (QED) is 0.0312. The van der Waals surface area contributed by atoms with E-state index in [0.717, 1.165) is 55.7 Å². The second kappa shape index (κ2) is 23.5. The number of amides is 2. The molecule has 0 heterocycles. The summed E-state index contributed by atoms with van der Waals surface area (Å²) >= 11 is 0. The van der Waals surface area contributed by atoms with E-state index >= 15 is 0 Å². The Hall–Kier alpha value is -8.50. The molecule has 1 aliphatic carbocycles. The predicted molar refractivity (Wildman–Crippen MR) is 271 cm³/mol. The summed E-state index contributed by atoms with van der Waals surface area (Å²) in [5.74, 6) is 3.16. The number of ether oxygens (including phenoxy) is 9. The highest BCUT2D eigenvalue weighted by Crippen LogP contribution is 2.47. The SMILES string of the molecule is COc1ccc(/C=C(\C(=C/c2cc(OC)c(OC)c(OC)c2)c2ccc(OC)c(N)c2)c2cc(OC)c(OC)c(OC)c2)cc1N.NC(=O)[C@H](CO)NC(=O)OCC1c2ccccc2-c2ccccc21. The van der Waals surface area contributed by atoms with Gasteiger partial charge in [0.1, 0.15) is 24.1 Å². The third-order valence-electron chi connectivity index (χ3n) is 11.5. The van der Waals surface area contributed by atoms with Crippen molar-refractivity contribution in [1.29, 1.82) is 0 Å². The van der Waals surface area contributed by atoms with Crippen molar-refractivity contribution in [1.82, 2.24) is 5.32 Å². The monoisotopic (exact) mass is 954 g/mol. The predicted octanol–water partition coefficient (Wildman–Crippen LogP) is 8.07. The van der Waals surface area contributed by atoms with Gasteiger partial charge in [-0.1, -0.05) is 60.7 Å². The number of hydrogen-bond acceptors (Lipinski definition) is 14. The van der Waals surface area contributed by atoms with Gasteiger partial charge in [0.25, 0.3) is 0 Å².